The van der Waals surface area contributed by atoms with Gasteiger partial charge in [-0.15, -0.1) is 0 Å². The van der Waals surface area contributed by atoms with Crippen LogP contribution >= 0.6 is 11.8 Å². The monoisotopic (exact) mass is 540 g/mol. The number of carbonyl (C=O) groups is 2. The van der Waals surface area contributed by atoms with E-state index in [1.807, 2.05) is 37.3 Å². The van der Waals surface area contributed by atoms with Gasteiger partial charge in [0.05, 0.1) is 7.11 Å². The molecule has 0 saturated carbocycles. The number of aromatic amines is 1. The summed E-state index contributed by atoms with van der Waals surface area (Å²) < 4.78 is 5.79. The molecule has 1 aliphatic heterocycles. The van der Waals surface area contributed by atoms with Gasteiger partial charge in [-0.2, -0.15) is 5.10 Å². The van der Waals surface area contributed by atoms with Crippen molar-refractivity contribution < 1.29 is 14.3 Å². The number of carbonyl (C=O) groups excluding carboxylic acids is 2. The molecule has 0 unspecified atom stereocenters. The topological polar surface area (TPSA) is 166 Å². The summed E-state index contributed by atoms with van der Waals surface area (Å²) in [5.41, 5.74) is 6.80. The Labute approximate surface area is 224 Å². The van der Waals surface area contributed by atoms with Crippen LogP contribution < -0.4 is 31.3 Å². The molecule has 0 aliphatic carbocycles. The first kappa shape index (κ1) is 27.0. The Morgan fingerprint density at radius 3 is 2.50 bits per heavy atom. The van der Waals surface area contributed by atoms with Crippen molar-refractivity contribution in [2.75, 3.05) is 61.9 Å². The van der Waals surface area contributed by atoms with Crippen molar-refractivity contribution in [2.45, 2.75) is 23.9 Å². The summed E-state index contributed by atoms with van der Waals surface area (Å²) in [4.78, 5) is 37.3. The van der Waals surface area contributed by atoms with Crippen molar-refractivity contribution in [3.63, 3.8) is 0 Å². The Bertz CT molecular complexity index is 1260. The van der Waals surface area contributed by atoms with Crippen LogP contribution in [0.1, 0.15) is 12.6 Å². The first-order chi connectivity index (χ1) is 18.3. The van der Waals surface area contributed by atoms with Crippen molar-refractivity contribution in [1.82, 2.24) is 30.4 Å². The summed E-state index contributed by atoms with van der Waals surface area (Å²) in [7, 11) is 1.60. The predicted octanol–water partition coefficient (Wildman–Crippen LogP) is 2.16. The zero-order chi connectivity index (χ0) is 27.1. The van der Waals surface area contributed by atoms with E-state index in [0.717, 1.165) is 49.0 Å². The lowest BCUT2D eigenvalue weighted by Gasteiger charge is -2.36. The van der Waals surface area contributed by atoms with E-state index in [4.69, 9.17) is 20.4 Å². The molecule has 202 valence electrons. The van der Waals surface area contributed by atoms with E-state index >= 15 is 0 Å². The lowest BCUT2D eigenvalue weighted by Crippen LogP contribution is -2.49. The fourth-order valence-corrected chi connectivity index (χ4v) is 4.74. The summed E-state index contributed by atoms with van der Waals surface area (Å²) in [6.45, 7) is 7.65. The second-order valence-electron chi connectivity index (χ2n) is 8.70. The van der Waals surface area contributed by atoms with E-state index in [2.05, 4.69) is 35.9 Å². The van der Waals surface area contributed by atoms with Crippen molar-refractivity contribution in [1.29, 1.82) is 0 Å². The van der Waals surface area contributed by atoms with E-state index in [-0.39, 0.29) is 5.91 Å². The molecule has 14 heteroatoms. The number of urea groups is 1. The Morgan fingerprint density at radius 2 is 1.89 bits per heavy atom. The van der Waals surface area contributed by atoms with E-state index in [9.17, 15) is 9.59 Å². The Morgan fingerprint density at radius 1 is 1.16 bits per heavy atom. The average Bonchev–Trinajstić information content (AvgIpc) is 3.29. The van der Waals surface area contributed by atoms with Crippen LogP contribution in [0.25, 0.3) is 0 Å². The molecule has 3 amide bonds. The summed E-state index contributed by atoms with van der Waals surface area (Å²) in [5, 5.41) is 16.4. The third-order valence-corrected chi connectivity index (χ3v) is 6.64. The van der Waals surface area contributed by atoms with Crippen LogP contribution in [-0.4, -0.2) is 83.4 Å². The molecule has 0 atom stereocenters. The van der Waals surface area contributed by atoms with Crippen LogP contribution in [0.15, 0.2) is 40.4 Å². The van der Waals surface area contributed by atoms with Crippen molar-refractivity contribution >= 4 is 46.8 Å². The number of benzene rings is 1. The SMILES string of the molecule is COc1c(Nc2cc(C)[nH]n2)nc(Sc2ccc(NC(C)=O)cc2)nc1N1CCN(CCNC(N)=O)CC1. The predicted molar refractivity (Wildman–Crippen MR) is 146 cm³/mol. The molecule has 13 nitrogen and oxygen atoms in total. The number of nitrogens with zero attached hydrogens (tertiary/aromatic N) is 5. The highest BCUT2D eigenvalue weighted by molar-refractivity contribution is 7.99. The van der Waals surface area contributed by atoms with Gasteiger partial charge in [-0.25, -0.2) is 14.8 Å². The number of hydrogen-bond acceptors (Lipinski definition) is 10. The van der Waals surface area contributed by atoms with Crippen molar-refractivity contribution in [2.24, 2.45) is 5.73 Å². The van der Waals surface area contributed by atoms with Crippen molar-refractivity contribution in [3.05, 3.63) is 36.0 Å². The molecule has 4 rings (SSSR count). The number of amides is 3. The van der Waals surface area contributed by atoms with Gasteiger partial charge >= 0.3 is 6.03 Å². The van der Waals surface area contributed by atoms with Crippen LogP contribution in [0, 0.1) is 6.92 Å². The van der Waals surface area contributed by atoms with Crippen LogP contribution in [0.5, 0.6) is 5.75 Å². The molecule has 0 radical (unpaired) electrons. The quantitative estimate of drug-likeness (QED) is 0.240. The van der Waals surface area contributed by atoms with E-state index in [1.165, 1.54) is 18.7 Å². The number of nitrogens with one attached hydrogen (secondary N) is 4. The molecule has 0 spiro atoms. The lowest BCUT2D eigenvalue weighted by atomic mass is 10.3. The minimum absolute atomic E-state index is 0.123. The lowest BCUT2D eigenvalue weighted by molar-refractivity contribution is -0.114. The maximum atomic E-state index is 11.3. The molecule has 3 heterocycles. The number of rotatable bonds is 10. The number of anilines is 4. The maximum absolute atomic E-state index is 11.3. The van der Waals surface area contributed by atoms with Gasteiger partial charge < -0.3 is 31.3 Å². The van der Waals surface area contributed by atoms with Crippen molar-refractivity contribution in [3.8, 4) is 5.75 Å². The molecule has 1 aliphatic rings. The van der Waals surface area contributed by atoms with Gasteiger partial charge in [-0.1, -0.05) is 0 Å². The number of piperazine rings is 1. The third kappa shape index (κ3) is 7.26. The van der Waals surface area contributed by atoms with Gasteiger partial charge in [0.15, 0.2) is 22.6 Å². The van der Waals surface area contributed by atoms with Crippen LogP contribution in [0.4, 0.5) is 27.9 Å². The number of nitrogens with two attached hydrogens (primary N) is 1. The molecule has 1 saturated heterocycles. The van der Waals surface area contributed by atoms with Crippen LogP contribution in [0.3, 0.4) is 0 Å². The first-order valence-electron chi connectivity index (χ1n) is 12.1. The second-order valence-corrected chi connectivity index (χ2v) is 9.74. The highest BCUT2D eigenvalue weighted by atomic mass is 32.2. The minimum atomic E-state index is -0.517. The minimum Gasteiger partial charge on any atom is -0.490 e. The average molecular weight is 541 g/mol. The van der Waals surface area contributed by atoms with Gasteiger partial charge in [0.1, 0.15) is 0 Å². The second kappa shape index (κ2) is 12.5. The van der Waals surface area contributed by atoms with Gasteiger partial charge in [-0.3, -0.25) is 14.8 Å². The van der Waals surface area contributed by atoms with E-state index in [1.54, 1.807) is 7.11 Å². The van der Waals surface area contributed by atoms with Crippen LogP contribution in [-0.2, 0) is 4.79 Å². The summed E-state index contributed by atoms with van der Waals surface area (Å²) in [6, 6.07) is 8.86. The Kier molecular flexibility index (Phi) is 8.86. The standard InChI is InChI=1S/C24H32N10O3S/c1-15-14-19(32-31-15)28-21-20(37-3)22(34-12-10-33(11-13-34)9-8-26-23(25)36)30-24(29-21)38-18-6-4-17(5-7-18)27-16(2)35/h4-7,14H,8-13H2,1-3H3,(H,27,35)(H3,25,26,36)(H2,28,29,30,31,32). The molecule has 1 fully saturated rings. The zero-order valence-electron chi connectivity index (χ0n) is 21.6. The number of H-pyrrole nitrogens is 1. The first-order valence-corrected chi connectivity index (χ1v) is 12.9. The van der Waals surface area contributed by atoms with Gasteiger partial charge in [0, 0.05) is 68.5 Å². The number of aromatic nitrogens is 4. The molecule has 6 N–H and O–H groups in total. The maximum Gasteiger partial charge on any atom is 0.312 e. The molecule has 0 bridgehead atoms. The highest BCUT2D eigenvalue weighted by Gasteiger charge is 2.25. The zero-order valence-corrected chi connectivity index (χ0v) is 22.4. The number of hydrogen-bond donors (Lipinski definition) is 5. The van der Waals surface area contributed by atoms with Gasteiger partial charge in [0.25, 0.3) is 0 Å². The Balaban J connectivity index is 1.57. The molecule has 3 aromatic rings. The molecule has 38 heavy (non-hydrogen) atoms. The highest BCUT2D eigenvalue weighted by Crippen LogP contribution is 2.38. The fourth-order valence-electron chi connectivity index (χ4n) is 3.99. The smallest absolute Gasteiger partial charge is 0.312 e. The number of methoxy groups -OCH3 is 1. The van der Waals surface area contributed by atoms with E-state index < -0.39 is 6.03 Å². The molecular formula is C24H32N10O3S. The summed E-state index contributed by atoms with van der Waals surface area (Å²) >= 11 is 1.41. The number of primary amides is 1. The normalized spacial score (nSPS) is 13.7. The van der Waals surface area contributed by atoms with Gasteiger partial charge in [0.2, 0.25) is 11.7 Å². The largest absolute Gasteiger partial charge is 0.490 e. The molecule has 1 aromatic carbocycles. The number of aryl methyl sites for hydroxylation is 1. The summed E-state index contributed by atoms with van der Waals surface area (Å²) in [5.74, 6) is 2.22. The molecule has 2 aromatic heterocycles. The Hall–Kier alpha value is -4.04. The van der Waals surface area contributed by atoms with Gasteiger partial charge in [-0.05, 0) is 43.0 Å². The fraction of sp³-hybridized carbons (Fsp3) is 0.375. The van der Waals surface area contributed by atoms with E-state index in [0.29, 0.717) is 34.9 Å². The molecular weight excluding hydrogens is 508 g/mol. The summed E-state index contributed by atoms with van der Waals surface area (Å²) in [6.07, 6.45) is 0. The third-order valence-electron chi connectivity index (χ3n) is 5.77. The number of ether oxygens (including phenoxy) is 1. The van der Waals surface area contributed by atoms with Crippen LogP contribution in [0.2, 0.25) is 0 Å².